The molecule has 0 fully saturated rings. The maximum absolute atomic E-state index is 11.8. The van der Waals surface area contributed by atoms with Gasteiger partial charge < -0.3 is 10.1 Å². The van der Waals surface area contributed by atoms with E-state index in [-0.39, 0.29) is 18.3 Å². The fourth-order valence-corrected chi connectivity index (χ4v) is 2.44. The van der Waals surface area contributed by atoms with Gasteiger partial charge in [0, 0.05) is 6.54 Å². The van der Waals surface area contributed by atoms with E-state index in [1.54, 1.807) is 7.11 Å². The summed E-state index contributed by atoms with van der Waals surface area (Å²) < 4.78 is 29.5. The van der Waals surface area contributed by atoms with Crippen LogP contribution in [-0.4, -0.2) is 49.2 Å². The van der Waals surface area contributed by atoms with Crippen LogP contribution in [0.15, 0.2) is 30.5 Å². The van der Waals surface area contributed by atoms with Gasteiger partial charge in [-0.25, -0.2) is 8.42 Å². The molecule has 1 amide bonds. The molecule has 24 heavy (non-hydrogen) atoms. The number of sulfonamides is 1. The Kier molecular flexibility index (Phi) is 5.74. The van der Waals surface area contributed by atoms with Crippen LogP contribution in [0.3, 0.4) is 0 Å². The van der Waals surface area contributed by atoms with Gasteiger partial charge in [-0.15, -0.1) is 5.10 Å². The Hall–Kier alpha value is -2.62. The third-order valence-corrected chi connectivity index (χ3v) is 3.56. The van der Waals surface area contributed by atoms with Crippen molar-refractivity contribution >= 4 is 21.7 Å². The molecule has 0 bridgehead atoms. The minimum absolute atomic E-state index is 0.0710. The van der Waals surface area contributed by atoms with Crippen LogP contribution >= 0.6 is 0 Å². The van der Waals surface area contributed by atoms with Gasteiger partial charge in [0.05, 0.1) is 19.6 Å². The quantitative estimate of drug-likeness (QED) is 0.691. The van der Waals surface area contributed by atoms with Crippen molar-refractivity contribution < 1.29 is 17.9 Å². The molecule has 0 aliphatic carbocycles. The molecule has 0 aliphatic rings. The molecule has 10 heteroatoms. The van der Waals surface area contributed by atoms with Crippen molar-refractivity contribution in [2.75, 3.05) is 24.6 Å². The fraction of sp³-hybridized carbons (Fsp3) is 0.357. The number of amides is 1. The van der Waals surface area contributed by atoms with E-state index in [0.29, 0.717) is 13.0 Å². The summed E-state index contributed by atoms with van der Waals surface area (Å²) in [5, 5.41) is 10.4. The van der Waals surface area contributed by atoms with E-state index >= 15 is 0 Å². The topological polar surface area (TPSA) is 115 Å². The summed E-state index contributed by atoms with van der Waals surface area (Å²) in [6.07, 6.45) is 2.91. The maximum Gasteiger partial charge on any atom is 0.243 e. The standard InChI is InChI=1S/C14H19N5O4S/c1-23-12-5-3-4-11(8-12)6-7-15-14(20)10-19-16-9-13(17-19)18-24(2,21)22/h3-5,8-9H,6-7,10H2,1-2H3,(H,15,20)(H,17,18). The Morgan fingerprint density at radius 3 is 2.88 bits per heavy atom. The van der Waals surface area contributed by atoms with Gasteiger partial charge in [0.25, 0.3) is 0 Å². The lowest BCUT2D eigenvalue weighted by Gasteiger charge is -2.06. The first-order valence-corrected chi connectivity index (χ1v) is 9.02. The van der Waals surface area contributed by atoms with Crippen molar-refractivity contribution in [3.63, 3.8) is 0 Å². The molecular formula is C14H19N5O4S. The van der Waals surface area contributed by atoms with Gasteiger partial charge in [0.15, 0.2) is 5.82 Å². The minimum atomic E-state index is -3.42. The molecule has 0 aliphatic heterocycles. The Morgan fingerprint density at radius 2 is 2.17 bits per heavy atom. The van der Waals surface area contributed by atoms with Crippen LogP contribution in [0, 0.1) is 0 Å². The maximum atomic E-state index is 11.8. The van der Waals surface area contributed by atoms with E-state index in [1.807, 2.05) is 24.3 Å². The summed E-state index contributed by atoms with van der Waals surface area (Å²) >= 11 is 0. The smallest absolute Gasteiger partial charge is 0.243 e. The number of nitrogens with zero attached hydrogens (tertiary/aromatic N) is 3. The van der Waals surface area contributed by atoms with Gasteiger partial charge in [0.2, 0.25) is 15.9 Å². The molecule has 0 atom stereocenters. The number of hydrogen-bond donors (Lipinski definition) is 2. The Bertz CT molecular complexity index is 803. The highest BCUT2D eigenvalue weighted by Crippen LogP contribution is 2.12. The zero-order chi connectivity index (χ0) is 17.6. The lowest BCUT2D eigenvalue weighted by Crippen LogP contribution is -2.30. The second-order valence-corrected chi connectivity index (χ2v) is 6.83. The number of ether oxygens (including phenoxy) is 1. The summed E-state index contributed by atoms with van der Waals surface area (Å²) in [4.78, 5) is 13.0. The first-order chi connectivity index (χ1) is 11.4. The average molecular weight is 353 g/mol. The number of carbonyl (C=O) groups excluding carboxylic acids is 1. The third-order valence-electron chi connectivity index (χ3n) is 2.98. The summed E-state index contributed by atoms with van der Waals surface area (Å²) in [5.74, 6) is 0.576. The molecule has 130 valence electrons. The highest BCUT2D eigenvalue weighted by molar-refractivity contribution is 7.92. The molecule has 9 nitrogen and oxygen atoms in total. The van der Waals surface area contributed by atoms with Crippen LogP contribution < -0.4 is 14.8 Å². The molecule has 1 aromatic carbocycles. The molecule has 1 aromatic heterocycles. The monoisotopic (exact) mass is 353 g/mol. The first-order valence-electron chi connectivity index (χ1n) is 7.13. The van der Waals surface area contributed by atoms with Crippen molar-refractivity contribution in [2.45, 2.75) is 13.0 Å². The minimum Gasteiger partial charge on any atom is -0.497 e. The largest absolute Gasteiger partial charge is 0.497 e. The molecule has 1 heterocycles. The van der Waals surface area contributed by atoms with Gasteiger partial charge in [0.1, 0.15) is 12.3 Å². The zero-order valence-corrected chi connectivity index (χ0v) is 14.2. The number of anilines is 1. The van der Waals surface area contributed by atoms with Crippen molar-refractivity contribution in [1.82, 2.24) is 20.3 Å². The van der Waals surface area contributed by atoms with Crippen LogP contribution in [0.2, 0.25) is 0 Å². The fourth-order valence-electron chi connectivity index (χ4n) is 1.97. The van der Waals surface area contributed by atoms with Crippen LogP contribution in [0.4, 0.5) is 5.82 Å². The molecule has 0 unspecified atom stereocenters. The molecular weight excluding hydrogens is 334 g/mol. The lowest BCUT2D eigenvalue weighted by atomic mass is 10.1. The van der Waals surface area contributed by atoms with Crippen LogP contribution in [0.5, 0.6) is 5.75 Å². The lowest BCUT2D eigenvalue weighted by molar-refractivity contribution is -0.122. The first kappa shape index (κ1) is 17.7. The normalized spacial score (nSPS) is 11.1. The highest BCUT2D eigenvalue weighted by Gasteiger charge is 2.09. The molecule has 0 saturated carbocycles. The van der Waals surface area contributed by atoms with E-state index < -0.39 is 10.0 Å². The number of rotatable bonds is 8. The van der Waals surface area contributed by atoms with Crippen LogP contribution in [0.1, 0.15) is 5.56 Å². The molecule has 0 saturated heterocycles. The SMILES string of the molecule is COc1cccc(CCNC(=O)Cn2ncc(NS(C)(=O)=O)n2)c1. The van der Waals surface area contributed by atoms with Crippen molar-refractivity contribution in [3.8, 4) is 5.75 Å². The van der Waals surface area contributed by atoms with Crippen molar-refractivity contribution in [3.05, 3.63) is 36.0 Å². The highest BCUT2D eigenvalue weighted by atomic mass is 32.2. The summed E-state index contributed by atoms with van der Waals surface area (Å²) in [5.41, 5.74) is 1.05. The average Bonchev–Trinajstić information content (AvgIpc) is 2.92. The van der Waals surface area contributed by atoms with E-state index in [0.717, 1.165) is 22.4 Å². The van der Waals surface area contributed by atoms with Crippen molar-refractivity contribution in [1.29, 1.82) is 0 Å². The molecule has 2 aromatic rings. The van der Waals surface area contributed by atoms with Crippen LogP contribution in [0.25, 0.3) is 0 Å². The summed E-state index contributed by atoms with van der Waals surface area (Å²) in [6.45, 7) is 0.366. The second-order valence-electron chi connectivity index (χ2n) is 5.09. The van der Waals surface area contributed by atoms with Gasteiger partial charge in [-0.3, -0.25) is 9.52 Å². The summed E-state index contributed by atoms with van der Waals surface area (Å²) in [7, 11) is -1.82. The Balaban J connectivity index is 1.79. The molecule has 0 spiro atoms. The Labute approximate surface area is 140 Å². The predicted molar refractivity (Wildman–Crippen MR) is 88.2 cm³/mol. The van der Waals surface area contributed by atoms with E-state index in [9.17, 15) is 13.2 Å². The van der Waals surface area contributed by atoms with E-state index in [2.05, 4.69) is 20.2 Å². The number of hydrogen-bond acceptors (Lipinski definition) is 6. The number of methoxy groups -OCH3 is 1. The van der Waals surface area contributed by atoms with Gasteiger partial charge in [-0.05, 0) is 24.1 Å². The van der Waals surface area contributed by atoms with E-state index in [4.69, 9.17) is 4.74 Å². The molecule has 2 N–H and O–H groups in total. The molecule has 0 radical (unpaired) electrons. The van der Waals surface area contributed by atoms with Gasteiger partial charge >= 0.3 is 0 Å². The van der Waals surface area contributed by atoms with Gasteiger partial charge in [-0.2, -0.15) is 9.90 Å². The second kappa shape index (κ2) is 7.77. The predicted octanol–water partition coefficient (Wildman–Crippen LogP) is 0.0171. The number of nitrogens with one attached hydrogen (secondary N) is 2. The van der Waals surface area contributed by atoms with Gasteiger partial charge in [-0.1, -0.05) is 12.1 Å². The number of carbonyl (C=O) groups is 1. The summed E-state index contributed by atoms with van der Waals surface area (Å²) in [6, 6.07) is 7.60. The Morgan fingerprint density at radius 1 is 1.38 bits per heavy atom. The molecule has 2 rings (SSSR count). The third kappa shape index (κ3) is 5.88. The van der Waals surface area contributed by atoms with Crippen LogP contribution in [-0.2, 0) is 27.8 Å². The van der Waals surface area contributed by atoms with E-state index in [1.165, 1.54) is 6.20 Å². The number of aromatic nitrogens is 3. The number of benzene rings is 1. The zero-order valence-electron chi connectivity index (χ0n) is 13.4. The van der Waals surface area contributed by atoms with Crippen molar-refractivity contribution in [2.24, 2.45) is 0 Å².